The molecular formula is C13H30N2. The molecule has 2 nitrogen and oxygen atoms in total. The molecule has 15 heavy (non-hydrogen) atoms. The lowest BCUT2D eigenvalue weighted by molar-refractivity contribution is 0.296. The lowest BCUT2D eigenvalue weighted by Gasteiger charge is -2.19. The third kappa shape index (κ3) is 10.2. The SMILES string of the molecule is CC(CCCC(C)CN(C)C)CN(C)C. The molecule has 92 valence electrons. The van der Waals surface area contributed by atoms with Crippen LogP contribution in [-0.2, 0) is 0 Å². The lowest BCUT2D eigenvalue weighted by Crippen LogP contribution is -2.21. The molecule has 0 N–H and O–H groups in total. The molecule has 0 saturated carbocycles. The van der Waals surface area contributed by atoms with Gasteiger partial charge in [0.1, 0.15) is 0 Å². The van der Waals surface area contributed by atoms with Gasteiger partial charge >= 0.3 is 0 Å². The highest BCUT2D eigenvalue weighted by molar-refractivity contribution is 4.60. The second-order valence-electron chi connectivity index (χ2n) is 5.67. The molecule has 0 amide bonds. The van der Waals surface area contributed by atoms with Crippen molar-refractivity contribution in [1.82, 2.24) is 9.80 Å². The van der Waals surface area contributed by atoms with Crippen molar-refractivity contribution in [3.63, 3.8) is 0 Å². The van der Waals surface area contributed by atoms with Crippen molar-refractivity contribution < 1.29 is 0 Å². The van der Waals surface area contributed by atoms with Crippen LogP contribution in [0.15, 0.2) is 0 Å². The van der Waals surface area contributed by atoms with Crippen LogP contribution in [0.5, 0.6) is 0 Å². The van der Waals surface area contributed by atoms with E-state index >= 15 is 0 Å². The quantitative estimate of drug-likeness (QED) is 0.613. The highest BCUT2D eigenvalue weighted by atomic mass is 15.1. The van der Waals surface area contributed by atoms with Crippen molar-refractivity contribution in [2.75, 3.05) is 41.3 Å². The molecule has 0 aliphatic carbocycles. The van der Waals surface area contributed by atoms with E-state index in [1.54, 1.807) is 0 Å². The molecule has 0 saturated heterocycles. The minimum absolute atomic E-state index is 0.839. The number of nitrogens with zero attached hydrogens (tertiary/aromatic N) is 2. The van der Waals surface area contributed by atoms with Gasteiger partial charge < -0.3 is 9.80 Å². The molecule has 0 aromatic carbocycles. The molecule has 0 aliphatic rings. The topological polar surface area (TPSA) is 6.48 Å². The summed E-state index contributed by atoms with van der Waals surface area (Å²) in [6, 6.07) is 0. The summed E-state index contributed by atoms with van der Waals surface area (Å²) in [5.74, 6) is 1.68. The van der Waals surface area contributed by atoms with Crippen LogP contribution in [0.25, 0.3) is 0 Å². The molecule has 0 spiro atoms. The fourth-order valence-electron chi connectivity index (χ4n) is 2.24. The van der Waals surface area contributed by atoms with Crippen LogP contribution in [0.4, 0.5) is 0 Å². The largest absolute Gasteiger partial charge is 0.309 e. The first-order valence-electron chi connectivity index (χ1n) is 6.21. The molecule has 0 aromatic heterocycles. The van der Waals surface area contributed by atoms with Crippen LogP contribution >= 0.6 is 0 Å². The number of hydrogen-bond acceptors (Lipinski definition) is 2. The van der Waals surface area contributed by atoms with Gasteiger partial charge in [0.25, 0.3) is 0 Å². The molecule has 0 aromatic rings. The van der Waals surface area contributed by atoms with E-state index in [1.165, 1.54) is 32.4 Å². The van der Waals surface area contributed by atoms with Crippen molar-refractivity contribution in [3.8, 4) is 0 Å². The minimum atomic E-state index is 0.839. The third-order valence-corrected chi connectivity index (χ3v) is 2.75. The maximum absolute atomic E-state index is 2.36. The summed E-state index contributed by atoms with van der Waals surface area (Å²) >= 11 is 0. The lowest BCUT2D eigenvalue weighted by atomic mass is 9.98. The van der Waals surface area contributed by atoms with Gasteiger partial charge in [-0.25, -0.2) is 0 Å². The van der Waals surface area contributed by atoms with Crippen molar-refractivity contribution in [1.29, 1.82) is 0 Å². The summed E-state index contributed by atoms with van der Waals surface area (Å²) in [6.07, 6.45) is 4.12. The van der Waals surface area contributed by atoms with E-state index in [2.05, 4.69) is 51.8 Å². The molecule has 2 unspecified atom stereocenters. The van der Waals surface area contributed by atoms with Crippen molar-refractivity contribution in [2.45, 2.75) is 33.1 Å². The van der Waals surface area contributed by atoms with Gasteiger partial charge in [-0.05, 0) is 52.9 Å². The van der Waals surface area contributed by atoms with Crippen LogP contribution in [-0.4, -0.2) is 51.1 Å². The van der Waals surface area contributed by atoms with E-state index in [0.717, 1.165) is 11.8 Å². The Morgan fingerprint density at radius 3 is 1.33 bits per heavy atom. The zero-order chi connectivity index (χ0) is 11.8. The second kappa shape index (κ2) is 8.12. The molecule has 0 heterocycles. The Balaban J connectivity index is 3.44. The highest BCUT2D eigenvalue weighted by Crippen LogP contribution is 2.13. The Labute approximate surface area is 96.6 Å². The molecule has 0 aliphatic heterocycles. The number of rotatable bonds is 8. The maximum atomic E-state index is 2.36. The predicted molar refractivity (Wildman–Crippen MR) is 69.3 cm³/mol. The summed E-state index contributed by atoms with van der Waals surface area (Å²) < 4.78 is 0. The summed E-state index contributed by atoms with van der Waals surface area (Å²) in [4.78, 5) is 4.57. The zero-order valence-corrected chi connectivity index (χ0v) is 11.6. The van der Waals surface area contributed by atoms with Crippen molar-refractivity contribution >= 4 is 0 Å². The Hall–Kier alpha value is -0.0800. The minimum Gasteiger partial charge on any atom is -0.309 e. The molecule has 2 atom stereocenters. The number of hydrogen-bond donors (Lipinski definition) is 0. The first-order valence-corrected chi connectivity index (χ1v) is 6.21. The van der Waals surface area contributed by atoms with Gasteiger partial charge in [-0.1, -0.05) is 20.3 Å². The standard InChI is InChI=1S/C13H30N2/c1-12(10-14(3)4)8-7-9-13(2)11-15(5)6/h12-13H,7-11H2,1-6H3. The second-order valence-corrected chi connectivity index (χ2v) is 5.67. The normalized spacial score (nSPS) is 16.0. The summed E-state index contributed by atoms with van der Waals surface area (Å²) in [5, 5.41) is 0. The van der Waals surface area contributed by atoms with E-state index < -0.39 is 0 Å². The Morgan fingerprint density at radius 1 is 0.733 bits per heavy atom. The average Bonchev–Trinajstić information content (AvgIpc) is 2.00. The van der Waals surface area contributed by atoms with Crippen LogP contribution < -0.4 is 0 Å². The maximum Gasteiger partial charge on any atom is 0.0000920 e. The van der Waals surface area contributed by atoms with Gasteiger partial charge in [-0.15, -0.1) is 0 Å². The fraction of sp³-hybridized carbons (Fsp3) is 1.00. The zero-order valence-electron chi connectivity index (χ0n) is 11.6. The Bertz CT molecular complexity index is 127. The smallest absolute Gasteiger partial charge is 0.0000920 e. The molecule has 0 fully saturated rings. The highest BCUT2D eigenvalue weighted by Gasteiger charge is 2.06. The van der Waals surface area contributed by atoms with Gasteiger partial charge in [-0.3, -0.25) is 0 Å². The van der Waals surface area contributed by atoms with Crippen molar-refractivity contribution in [3.05, 3.63) is 0 Å². The molecule has 0 rings (SSSR count). The van der Waals surface area contributed by atoms with E-state index in [0.29, 0.717) is 0 Å². The monoisotopic (exact) mass is 214 g/mol. The van der Waals surface area contributed by atoms with Gasteiger partial charge in [0.2, 0.25) is 0 Å². The summed E-state index contributed by atoms with van der Waals surface area (Å²) in [5.41, 5.74) is 0. The van der Waals surface area contributed by atoms with Gasteiger partial charge in [0.15, 0.2) is 0 Å². The van der Waals surface area contributed by atoms with Crippen molar-refractivity contribution in [2.24, 2.45) is 11.8 Å². The van der Waals surface area contributed by atoms with Crippen LogP contribution in [0.1, 0.15) is 33.1 Å². The van der Waals surface area contributed by atoms with E-state index in [9.17, 15) is 0 Å². The molecule has 0 bridgehead atoms. The van der Waals surface area contributed by atoms with Gasteiger partial charge in [-0.2, -0.15) is 0 Å². The molecule has 2 heteroatoms. The summed E-state index contributed by atoms with van der Waals surface area (Å²) in [6.45, 7) is 7.16. The van der Waals surface area contributed by atoms with Crippen LogP contribution in [0.3, 0.4) is 0 Å². The predicted octanol–water partition coefficient (Wildman–Crippen LogP) is 2.55. The Kier molecular flexibility index (Phi) is 8.07. The van der Waals surface area contributed by atoms with E-state index in [1.807, 2.05) is 0 Å². The third-order valence-electron chi connectivity index (χ3n) is 2.75. The molecule has 0 radical (unpaired) electrons. The molecular weight excluding hydrogens is 184 g/mol. The fourth-order valence-corrected chi connectivity index (χ4v) is 2.24. The van der Waals surface area contributed by atoms with E-state index in [4.69, 9.17) is 0 Å². The van der Waals surface area contributed by atoms with Gasteiger partial charge in [0, 0.05) is 13.1 Å². The van der Waals surface area contributed by atoms with Gasteiger partial charge in [0.05, 0.1) is 0 Å². The Morgan fingerprint density at radius 2 is 1.07 bits per heavy atom. The average molecular weight is 214 g/mol. The van der Waals surface area contributed by atoms with Crippen LogP contribution in [0, 0.1) is 11.8 Å². The van der Waals surface area contributed by atoms with E-state index in [-0.39, 0.29) is 0 Å². The first kappa shape index (κ1) is 14.9. The van der Waals surface area contributed by atoms with Crippen LogP contribution in [0.2, 0.25) is 0 Å². The summed E-state index contributed by atoms with van der Waals surface area (Å²) in [7, 11) is 8.63. The first-order chi connectivity index (χ1) is 6.91.